The first-order valence-electron chi connectivity index (χ1n) is 6.83. The first kappa shape index (κ1) is 16.8. The molecule has 20 heavy (non-hydrogen) atoms. The zero-order valence-corrected chi connectivity index (χ0v) is 12.9. The molecule has 0 bridgehead atoms. The van der Waals surface area contributed by atoms with Gasteiger partial charge >= 0.3 is 0 Å². The predicted molar refractivity (Wildman–Crippen MR) is 78.4 cm³/mol. The van der Waals surface area contributed by atoms with Crippen LogP contribution in [0.2, 0.25) is 0 Å². The number of rotatable bonds is 9. The monoisotopic (exact) mass is 283 g/mol. The summed E-state index contributed by atoms with van der Waals surface area (Å²) in [4.78, 5) is 0. The van der Waals surface area contributed by atoms with Crippen molar-refractivity contribution >= 4 is 0 Å². The second-order valence-corrected chi connectivity index (χ2v) is 4.19. The van der Waals surface area contributed by atoms with Crippen LogP contribution in [0.25, 0.3) is 0 Å². The summed E-state index contributed by atoms with van der Waals surface area (Å²) in [6.45, 7) is 5.07. The van der Waals surface area contributed by atoms with Gasteiger partial charge in [0.25, 0.3) is 0 Å². The second-order valence-electron chi connectivity index (χ2n) is 4.19. The molecule has 1 aromatic carbocycles. The maximum absolute atomic E-state index is 5.67. The van der Waals surface area contributed by atoms with Crippen LogP contribution < -0.4 is 14.8 Å². The molecule has 1 N–H and O–H groups in total. The van der Waals surface area contributed by atoms with Crippen molar-refractivity contribution < 1.29 is 18.9 Å². The van der Waals surface area contributed by atoms with Gasteiger partial charge < -0.3 is 24.3 Å². The number of hydrogen-bond donors (Lipinski definition) is 1. The number of nitrogens with one attached hydrogen (secondary N) is 1. The minimum Gasteiger partial charge on any atom is -0.497 e. The largest absolute Gasteiger partial charge is 0.497 e. The molecule has 5 nitrogen and oxygen atoms in total. The maximum atomic E-state index is 5.67. The van der Waals surface area contributed by atoms with E-state index in [4.69, 9.17) is 18.9 Å². The molecule has 0 aliphatic rings. The Morgan fingerprint density at radius 2 is 1.45 bits per heavy atom. The van der Waals surface area contributed by atoms with E-state index in [2.05, 4.69) is 5.32 Å². The zero-order valence-electron chi connectivity index (χ0n) is 12.9. The minimum atomic E-state index is -0.355. The fourth-order valence-electron chi connectivity index (χ4n) is 2.04. The van der Waals surface area contributed by atoms with E-state index < -0.39 is 0 Å². The van der Waals surface area contributed by atoms with Gasteiger partial charge in [-0.05, 0) is 38.6 Å². The highest BCUT2D eigenvalue weighted by molar-refractivity contribution is 5.40. The van der Waals surface area contributed by atoms with Crippen molar-refractivity contribution in [1.82, 2.24) is 5.32 Å². The number of benzene rings is 1. The number of ether oxygens (including phenoxy) is 4. The highest BCUT2D eigenvalue weighted by atomic mass is 16.7. The van der Waals surface area contributed by atoms with Gasteiger partial charge in [0.15, 0.2) is 6.29 Å². The van der Waals surface area contributed by atoms with Crippen LogP contribution in [0.4, 0.5) is 0 Å². The molecular weight excluding hydrogens is 258 g/mol. The van der Waals surface area contributed by atoms with Gasteiger partial charge in [0.1, 0.15) is 11.5 Å². The molecule has 0 amide bonds. The van der Waals surface area contributed by atoms with Gasteiger partial charge in [-0.25, -0.2) is 0 Å². The average molecular weight is 283 g/mol. The molecule has 1 atom stereocenters. The smallest absolute Gasteiger partial charge is 0.176 e. The van der Waals surface area contributed by atoms with Gasteiger partial charge in [-0.1, -0.05) is 0 Å². The fraction of sp³-hybridized carbons (Fsp3) is 0.600. The van der Waals surface area contributed by atoms with Crippen molar-refractivity contribution in [2.75, 3.05) is 34.5 Å². The lowest BCUT2D eigenvalue weighted by atomic mass is 10.1. The van der Waals surface area contributed by atoms with E-state index in [1.807, 2.05) is 39.1 Å². The van der Waals surface area contributed by atoms with Crippen molar-refractivity contribution in [3.63, 3.8) is 0 Å². The summed E-state index contributed by atoms with van der Waals surface area (Å²) in [5.41, 5.74) is 0.996. The first-order chi connectivity index (χ1) is 9.69. The molecule has 0 radical (unpaired) electrons. The summed E-state index contributed by atoms with van der Waals surface area (Å²) < 4.78 is 21.9. The molecule has 1 unspecified atom stereocenters. The third-order valence-electron chi connectivity index (χ3n) is 2.98. The molecule has 0 heterocycles. The minimum absolute atomic E-state index is 0.0982. The van der Waals surface area contributed by atoms with E-state index in [1.54, 1.807) is 14.2 Å². The molecule has 1 aromatic rings. The summed E-state index contributed by atoms with van der Waals surface area (Å²) in [7, 11) is 5.15. The number of methoxy groups -OCH3 is 2. The summed E-state index contributed by atoms with van der Waals surface area (Å²) in [6.07, 6.45) is -0.355. The Morgan fingerprint density at radius 1 is 0.950 bits per heavy atom. The Balaban J connectivity index is 3.08. The van der Waals surface area contributed by atoms with Crippen molar-refractivity contribution in [3.8, 4) is 11.5 Å². The van der Waals surface area contributed by atoms with Crippen LogP contribution in [0.1, 0.15) is 25.5 Å². The predicted octanol–water partition coefficient (Wildman–Crippen LogP) is 2.36. The Kier molecular flexibility index (Phi) is 7.36. The van der Waals surface area contributed by atoms with E-state index in [0.717, 1.165) is 17.1 Å². The fourth-order valence-corrected chi connectivity index (χ4v) is 2.04. The molecule has 0 fully saturated rings. The molecule has 0 spiro atoms. The molecule has 5 heteroatoms. The normalized spacial score (nSPS) is 12.5. The third kappa shape index (κ3) is 4.37. The Morgan fingerprint density at radius 3 is 1.80 bits per heavy atom. The van der Waals surface area contributed by atoms with Gasteiger partial charge in [-0.2, -0.15) is 0 Å². The zero-order chi connectivity index (χ0) is 15.0. The van der Waals surface area contributed by atoms with Gasteiger partial charge in [0.2, 0.25) is 0 Å². The van der Waals surface area contributed by atoms with Crippen molar-refractivity contribution in [2.24, 2.45) is 0 Å². The van der Waals surface area contributed by atoms with Crippen LogP contribution in [0.5, 0.6) is 11.5 Å². The molecular formula is C15H25NO4. The molecule has 114 valence electrons. The lowest BCUT2D eigenvalue weighted by Crippen LogP contribution is -2.34. The topological polar surface area (TPSA) is 49.0 Å². The van der Waals surface area contributed by atoms with Crippen molar-refractivity contribution in [2.45, 2.75) is 26.2 Å². The molecule has 1 rings (SSSR count). The van der Waals surface area contributed by atoms with E-state index in [0.29, 0.717) is 13.2 Å². The molecule has 0 saturated heterocycles. The van der Waals surface area contributed by atoms with Gasteiger partial charge in [-0.15, -0.1) is 0 Å². The molecule has 0 saturated carbocycles. The number of hydrogen-bond acceptors (Lipinski definition) is 5. The van der Waals surface area contributed by atoms with Crippen molar-refractivity contribution in [1.29, 1.82) is 0 Å². The first-order valence-corrected chi connectivity index (χ1v) is 6.83. The summed E-state index contributed by atoms with van der Waals surface area (Å²) in [5, 5.41) is 3.23. The van der Waals surface area contributed by atoms with E-state index in [9.17, 15) is 0 Å². The standard InChI is InChI=1S/C15H25NO4/c1-6-19-15(20-7-2)14(16-3)11-8-12(17-4)10-13(9-11)18-5/h8-10,14-16H,6-7H2,1-5H3. The summed E-state index contributed by atoms with van der Waals surface area (Å²) in [5.74, 6) is 1.48. The van der Waals surface area contributed by atoms with E-state index in [-0.39, 0.29) is 12.3 Å². The third-order valence-corrected chi connectivity index (χ3v) is 2.98. The van der Waals surface area contributed by atoms with Gasteiger partial charge in [-0.3, -0.25) is 0 Å². The quantitative estimate of drug-likeness (QED) is 0.705. The van der Waals surface area contributed by atoms with Crippen LogP contribution in [0.15, 0.2) is 18.2 Å². The van der Waals surface area contributed by atoms with E-state index >= 15 is 0 Å². The van der Waals surface area contributed by atoms with Crippen molar-refractivity contribution in [3.05, 3.63) is 23.8 Å². The summed E-state index contributed by atoms with van der Waals surface area (Å²) >= 11 is 0. The summed E-state index contributed by atoms with van der Waals surface area (Å²) in [6, 6.07) is 5.65. The SMILES string of the molecule is CCOC(OCC)C(NC)c1cc(OC)cc(OC)c1. The Bertz CT molecular complexity index is 369. The molecule has 0 aliphatic heterocycles. The highest BCUT2D eigenvalue weighted by Gasteiger charge is 2.23. The highest BCUT2D eigenvalue weighted by Crippen LogP contribution is 2.29. The average Bonchev–Trinajstić information content (AvgIpc) is 2.48. The van der Waals surface area contributed by atoms with Crippen LogP contribution in [-0.2, 0) is 9.47 Å². The second kappa shape index (κ2) is 8.79. The van der Waals surface area contributed by atoms with Crippen LogP contribution >= 0.6 is 0 Å². The number of likely N-dealkylation sites (N-methyl/N-ethyl adjacent to an activating group) is 1. The van der Waals surface area contributed by atoms with Crippen LogP contribution in [0.3, 0.4) is 0 Å². The molecule has 0 aromatic heterocycles. The Hall–Kier alpha value is -1.30. The van der Waals surface area contributed by atoms with Crippen LogP contribution in [0, 0.1) is 0 Å². The molecule has 0 aliphatic carbocycles. The van der Waals surface area contributed by atoms with Gasteiger partial charge in [0, 0.05) is 19.3 Å². The maximum Gasteiger partial charge on any atom is 0.176 e. The van der Waals surface area contributed by atoms with E-state index in [1.165, 1.54) is 0 Å². The lowest BCUT2D eigenvalue weighted by Gasteiger charge is -2.27. The van der Waals surface area contributed by atoms with Crippen LogP contribution in [-0.4, -0.2) is 40.8 Å². The Labute approximate surface area is 121 Å². The van der Waals surface area contributed by atoms with Gasteiger partial charge in [0.05, 0.1) is 20.3 Å². The lowest BCUT2D eigenvalue weighted by molar-refractivity contribution is -0.154.